The van der Waals surface area contributed by atoms with E-state index < -0.39 is 11.7 Å². The smallest absolute Gasteiger partial charge is 0.248 e. The normalized spacial score (nSPS) is 23.7. The van der Waals surface area contributed by atoms with E-state index in [1.807, 2.05) is 30.3 Å². The zero-order valence-corrected chi connectivity index (χ0v) is 32.6. The van der Waals surface area contributed by atoms with Crippen LogP contribution in [0.3, 0.4) is 0 Å². The monoisotopic (exact) mass is 790 g/mol. The van der Waals surface area contributed by atoms with E-state index in [1.165, 1.54) is 50.9 Å². The molecule has 4 aliphatic rings. The largest absolute Gasteiger partial charge is 0.506 e. The highest BCUT2D eigenvalue weighted by Gasteiger charge is 2.48. The Labute approximate surface area is 323 Å². The predicted molar refractivity (Wildman–Crippen MR) is 214 cm³/mol. The van der Waals surface area contributed by atoms with Crippen LogP contribution in [0.1, 0.15) is 87.1 Å². The molecule has 3 aliphatic heterocycles. The number of aromatic amines is 1. The Morgan fingerprint density at radius 3 is 2.42 bits per heavy atom. The zero-order chi connectivity index (χ0) is 36.1. The maximum atomic E-state index is 12.1. The Morgan fingerprint density at radius 1 is 0.962 bits per heavy atom. The SMILES string of the molecule is Br.CCC(NC[C@H](O)c1ccc(O)c2[nH]c(=O)ccc12)c1ccc(OCCC[N+]23CCC(CC2)[C@@H](OC[C@@](O)(c2ccccc2)C2CCCC2)C3)cc1. The van der Waals surface area contributed by atoms with E-state index in [2.05, 4.69) is 41.5 Å². The highest BCUT2D eigenvalue weighted by atomic mass is 79.9. The third-order valence-corrected chi connectivity index (χ3v) is 12.4. The van der Waals surface area contributed by atoms with Crippen molar-refractivity contribution in [1.82, 2.24) is 10.3 Å². The van der Waals surface area contributed by atoms with Crippen molar-refractivity contribution in [3.05, 3.63) is 106 Å². The van der Waals surface area contributed by atoms with Crippen LogP contribution in [0.15, 0.2) is 83.7 Å². The highest BCUT2D eigenvalue weighted by molar-refractivity contribution is 8.93. The maximum Gasteiger partial charge on any atom is 0.248 e. The minimum absolute atomic E-state index is 0. The molecule has 5 N–H and O–H groups in total. The van der Waals surface area contributed by atoms with Crippen LogP contribution in [-0.2, 0) is 10.3 Å². The fourth-order valence-electron chi connectivity index (χ4n) is 9.32. The summed E-state index contributed by atoms with van der Waals surface area (Å²) in [5.74, 6) is 1.68. The molecule has 0 amide bonds. The number of aliphatic hydroxyl groups is 2. The van der Waals surface area contributed by atoms with Crippen LogP contribution in [0.4, 0.5) is 0 Å². The Morgan fingerprint density at radius 2 is 1.70 bits per heavy atom. The minimum atomic E-state index is -0.918. The van der Waals surface area contributed by atoms with Gasteiger partial charge in [-0.25, -0.2) is 0 Å². The number of pyridine rings is 1. The second-order valence-corrected chi connectivity index (χ2v) is 15.6. The van der Waals surface area contributed by atoms with Gasteiger partial charge in [-0.15, -0.1) is 17.0 Å². The number of quaternary nitrogens is 1. The van der Waals surface area contributed by atoms with Crippen molar-refractivity contribution in [3.8, 4) is 11.5 Å². The van der Waals surface area contributed by atoms with Crippen molar-refractivity contribution in [2.45, 2.75) is 82.1 Å². The molecule has 4 heterocycles. The fourth-order valence-corrected chi connectivity index (χ4v) is 9.32. The average molecular weight is 792 g/mol. The maximum absolute atomic E-state index is 12.1. The van der Waals surface area contributed by atoms with Crippen molar-refractivity contribution in [3.63, 3.8) is 0 Å². The van der Waals surface area contributed by atoms with E-state index in [9.17, 15) is 20.1 Å². The summed E-state index contributed by atoms with van der Waals surface area (Å²) in [7, 11) is 0. The molecule has 0 radical (unpaired) electrons. The van der Waals surface area contributed by atoms with E-state index in [-0.39, 0.29) is 46.4 Å². The van der Waals surface area contributed by atoms with Crippen LogP contribution < -0.4 is 15.6 Å². The summed E-state index contributed by atoms with van der Waals surface area (Å²) >= 11 is 0. The molecule has 9 nitrogen and oxygen atoms in total. The number of ether oxygens (including phenoxy) is 2. The van der Waals surface area contributed by atoms with Gasteiger partial charge in [-0.2, -0.15) is 0 Å². The van der Waals surface area contributed by atoms with Crippen LogP contribution in [0.25, 0.3) is 10.9 Å². The molecule has 2 bridgehead atoms. The van der Waals surface area contributed by atoms with Crippen molar-refractivity contribution in [2.24, 2.45) is 11.8 Å². The van der Waals surface area contributed by atoms with Crippen LogP contribution >= 0.6 is 17.0 Å². The Kier molecular flexibility index (Phi) is 13.0. The number of aromatic nitrogens is 1. The van der Waals surface area contributed by atoms with Crippen molar-refractivity contribution in [1.29, 1.82) is 0 Å². The van der Waals surface area contributed by atoms with Crippen LogP contribution in [0, 0.1) is 11.8 Å². The standard InChI is InChI=1S/C43H55N3O6.BrH/c1-2-37(44-27-39(48)35-17-19-38(47)42-36(35)18-20-41(49)45-42)30-13-15-34(16-14-30)51-26-8-23-46-24-21-31(22-25-46)40(28-46)52-29-43(50,33-11-6-7-12-33)32-9-4-3-5-10-32;/h3-5,9-10,13-20,31,33,37,39-40,44,48,50H,2,6-8,11-12,21-29H2,1H3,(H-,45,47,49);1H/p+1/t31?,37?,39-,40-,43+,46?;/m0./s1. The fraction of sp³-hybridized carbons (Fsp3) is 0.512. The molecule has 4 atom stereocenters. The molecule has 1 aromatic heterocycles. The molecule has 10 heteroatoms. The van der Waals surface area contributed by atoms with Crippen molar-refractivity contribution in [2.75, 3.05) is 45.9 Å². The second-order valence-electron chi connectivity index (χ2n) is 15.6. The first-order valence-electron chi connectivity index (χ1n) is 19.5. The molecule has 8 rings (SSSR count). The molecule has 1 saturated carbocycles. The van der Waals surface area contributed by atoms with Gasteiger partial charge in [-0.05, 0) is 66.1 Å². The van der Waals surface area contributed by atoms with E-state index in [0.29, 0.717) is 42.1 Å². The van der Waals surface area contributed by atoms with Crippen LogP contribution in [0.2, 0.25) is 0 Å². The average Bonchev–Trinajstić information content (AvgIpc) is 3.74. The number of aliphatic hydroxyl groups excluding tert-OH is 1. The minimum Gasteiger partial charge on any atom is -0.506 e. The number of hydrogen-bond donors (Lipinski definition) is 5. The Bertz CT molecular complexity index is 1820. The van der Waals surface area contributed by atoms with E-state index in [4.69, 9.17) is 9.47 Å². The summed E-state index contributed by atoms with van der Waals surface area (Å²) in [4.78, 5) is 14.4. The topological polar surface area (TPSA) is 124 Å². The molecule has 0 spiro atoms. The van der Waals surface area contributed by atoms with Gasteiger partial charge in [0.2, 0.25) is 5.56 Å². The van der Waals surface area contributed by atoms with Gasteiger partial charge in [0, 0.05) is 49.2 Å². The Hall–Kier alpha value is -3.25. The lowest BCUT2D eigenvalue weighted by Crippen LogP contribution is -2.65. The molecule has 286 valence electrons. The molecule has 1 unspecified atom stereocenters. The summed E-state index contributed by atoms with van der Waals surface area (Å²) < 4.78 is 14.0. The van der Waals surface area contributed by atoms with Gasteiger partial charge in [0.25, 0.3) is 0 Å². The van der Waals surface area contributed by atoms with Gasteiger partial charge in [0.15, 0.2) is 0 Å². The molecule has 4 aromatic rings. The lowest BCUT2D eigenvalue weighted by Gasteiger charge is -2.53. The third kappa shape index (κ3) is 8.85. The highest BCUT2D eigenvalue weighted by Crippen LogP contribution is 2.43. The number of rotatable bonds is 16. The number of halogens is 1. The van der Waals surface area contributed by atoms with E-state index in [1.54, 1.807) is 12.1 Å². The van der Waals surface area contributed by atoms with Gasteiger partial charge >= 0.3 is 0 Å². The molecule has 3 aromatic carbocycles. The predicted octanol–water partition coefficient (Wildman–Crippen LogP) is 7.06. The number of fused-ring (bicyclic) bond motifs is 4. The number of nitrogens with one attached hydrogen (secondary N) is 2. The number of benzene rings is 3. The van der Waals surface area contributed by atoms with Gasteiger partial charge in [0.05, 0.1) is 44.5 Å². The van der Waals surface area contributed by atoms with Gasteiger partial charge in [-0.3, -0.25) is 4.79 Å². The summed E-state index contributed by atoms with van der Waals surface area (Å²) in [6, 6.07) is 24.7. The van der Waals surface area contributed by atoms with Gasteiger partial charge in [-0.1, -0.05) is 68.3 Å². The van der Waals surface area contributed by atoms with Crippen molar-refractivity contribution < 1.29 is 29.3 Å². The lowest BCUT2D eigenvalue weighted by molar-refractivity contribution is -0.946. The first-order valence-corrected chi connectivity index (χ1v) is 19.5. The molecular weight excluding hydrogens is 734 g/mol. The summed E-state index contributed by atoms with van der Waals surface area (Å²) in [6.45, 7) is 7.98. The molecule has 4 fully saturated rings. The van der Waals surface area contributed by atoms with Crippen molar-refractivity contribution >= 4 is 27.9 Å². The number of H-pyrrole nitrogens is 1. The Balaban J connectivity index is 0.00000481. The quantitative estimate of drug-likeness (QED) is 0.0609. The summed E-state index contributed by atoms with van der Waals surface area (Å²) in [6.07, 6.45) is 8.08. The molecular formula is C43H57BrN3O6+. The zero-order valence-electron chi connectivity index (χ0n) is 30.9. The van der Waals surface area contributed by atoms with E-state index in [0.717, 1.165) is 60.1 Å². The number of nitrogens with zero attached hydrogens (tertiary/aromatic N) is 1. The number of hydrogen-bond acceptors (Lipinski definition) is 7. The lowest BCUT2D eigenvalue weighted by atomic mass is 9.80. The van der Waals surface area contributed by atoms with E-state index >= 15 is 0 Å². The molecule has 1 aliphatic carbocycles. The van der Waals surface area contributed by atoms with Gasteiger partial charge < -0.3 is 39.6 Å². The number of aromatic hydroxyl groups is 1. The molecule has 3 saturated heterocycles. The first-order chi connectivity index (χ1) is 25.3. The number of phenolic OH excluding ortho intramolecular Hbond substituents is 1. The molecule has 53 heavy (non-hydrogen) atoms. The number of piperidine rings is 3. The van der Waals surface area contributed by atoms with Gasteiger partial charge in [0.1, 0.15) is 29.7 Å². The summed E-state index contributed by atoms with van der Waals surface area (Å²) in [5, 5.41) is 37.4. The third-order valence-electron chi connectivity index (χ3n) is 12.4. The van der Waals surface area contributed by atoms with Crippen LogP contribution in [0.5, 0.6) is 11.5 Å². The summed E-state index contributed by atoms with van der Waals surface area (Å²) in [5.41, 5.74) is 1.87. The van der Waals surface area contributed by atoms with Crippen LogP contribution in [-0.4, -0.2) is 76.8 Å². The second kappa shape index (κ2) is 17.5. The first kappa shape index (κ1) is 39.4. The number of phenols is 1.